The third kappa shape index (κ3) is 7.31. The van der Waals surface area contributed by atoms with E-state index in [4.69, 9.17) is 0 Å². The molecule has 0 spiro atoms. The Hall–Kier alpha value is -3.88. The molecular formula is C27H34FN5O3. The van der Waals surface area contributed by atoms with E-state index in [9.17, 15) is 18.8 Å². The summed E-state index contributed by atoms with van der Waals surface area (Å²) >= 11 is 0. The predicted molar refractivity (Wildman–Crippen MR) is 140 cm³/mol. The summed E-state index contributed by atoms with van der Waals surface area (Å²) in [6.07, 6.45) is 1.58. The average Bonchev–Trinajstić information content (AvgIpc) is 2.83. The van der Waals surface area contributed by atoms with Crippen LogP contribution in [0.1, 0.15) is 31.1 Å². The van der Waals surface area contributed by atoms with Gasteiger partial charge in [0.05, 0.1) is 5.56 Å². The standard InChI is InChI=1S/C27H34FN5O3/c1-5-14-33(26(36)30-27(2,3)4)19-24(34)29-20-10-12-21(13-11-20)31-15-17-32(18-16-31)25(35)22-8-6-7-9-23(22)28/h5-13H,1,14-19H2,2-4H3,(H,29,34)(H,30,36). The molecule has 1 aliphatic rings. The molecule has 0 atom stereocenters. The first-order valence-electron chi connectivity index (χ1n) is 11.9. The summed E-state index contributed by atoms with van der Waals surface area (Å²) in [6.45, 7) is 11.6. The fourth-order valence-corrected chi connectivity index (χ4v) is 3.88. The second kappa shape index (κ2) is 11.7. The molecule has 1 heterocycles. The molecule has 0 aromatic heterocycles. The molecule has 2 aromatic rings. The maximum atomic E-state index is 14.0. The lowest BCUT2D eigenvalue weighted by Crippen LogP contribution is -2.50. The summed E-state index contributed by atoms with van der Waals surface area (Å²) in [4.78, 5) is 42.8. The Balaban J connectivity index is 1.53. The van der Waals surface area contributed by atoms with Crippen LogP contribution in [0.3, 0.4) is 0 Å². The first-order chi connectivity index (χ1) is 17.1. The van der Waals surface area contributed by atoms with E-state index in [1.165, 1.54) is 17.0 Å². The van der Waals surface area contributed by atoms with Crippen LogP contribution in [0.25, 0.3) is 0 Å². The van der Waals surface area contributed by atoms with E-state index in [-0.39, 0.29) is 36.5 Å². The summed E-state index contributed by atoms with van der Waals surface area (Å²) in [5, 5.41) is 5.67. The molecule has 0 bridgehead atoms. The molecule has 0 radical (unpaired) electrons. The number of anilines is 2. The number of urea groups is 1. The molecule has 2 N–H and O–H groups in total. The van der Waals surface area contributed by atoms with Gasteiger partial charge in [0.1, 0.15) is 12.4 Å². The molecular weight excluding hydrogens is 461 g/mol. The highest BCUT2D eigenvalue weighted by Gasteiger charge is 2.24. The monoisotopic (exact) mass is 495 g/mol. The molecule has 192 valence electrons. The Morgan fingerprint density at radius 2 is 1.67 bits per heavy atom. The number of rotatable bonds is 7. The van der Waals surface area contributed by atoms with Crippen LogP contribution >= 0.6 is 0 Å². The van der Waals surface area contributed by atoms with Crippen LogP contribution in [-0.4, -0.2) is 72.5 Å². The number of carbonyl (C=O) groups excluding carboxylic acids is 3. The van der Waals surface area contributed by atoms with E-state index in [1.807, 2.05) is 32.9 Å². The molecule has 3 rings (SSSR count). The van der Waals surface area contributed by atoms with Crippen molar-refractivity contribution < 1.29 is 18.8 Å². The predicted octanol–water partition coefficient (Wildman–Crippen LogP) is 3.72. The van der Waals surface area contributed by atoms with Crippen molar-refractivity contribution in [1.82, 2.24) is 15.1 Å². The maximum Gasteiger partial charge on any atom is 0.318 e. The smallest absolute Gasteiger partial charge is 0.318 e. The van der Waals surface area contributed by atoms with Crippen molar-refractivity contribution in [3.8, 4) is 0 Å². The molecule has 1 fully saturated rings. The van der Waals surface area contributed by atoms with Crippen LogP contribution in [0.5, 0.6) is 0 Å². The van der Waals surface area contributed by atoms with Gasteiger partial charge in [-0.25, -0.2) is 9.18 Å². The lowest BCUT2D eigenvalue weighted by molar-refractivity contribution is -0.116. The Kier molecular flexibility index (Phi) is 8.68. The van der Waals surface area contributed by atoms with Crippen LogP contribution in [0, 0.1) is 5.82 Å². The fraction of sp³-hybridized carbons (Fsp3) is 0.370. The van der Waals surface area contributed by atoms with E-state index in [2.05, 4.69) is 22.1 Å². The Bertz CT molecular complexity index is 1090. The number of halogens is 1. The number of piperazine rings is 1. The number of nitrogens with zero attached hydrogens (tertiary/aromatic N) is 3. The largest absolute Gasteiger partial charge is 0.368 e. The van der Waals surface area contributed by atoms with Gasteiger partial charge in [0.2, 0.25) is 5.91 Å². The zero-order valence-corrected chi connectivity index (χ0v) is 21.1. The molecule has 2 aromatic carbocycles. The van der Waals surface area contributed by atoms with Gasteiger partial charge in [-0.1, -0.05) is 18.2 Å². The van der Waals surface area contributed by atoms with E-state index in [0.717, 1.165) is 5.69 Å². The normalized spacial score (nSPS) is 13.7. The summed E-state index contributed by atoms with van der Waals surface area (Å²) in [6, 6.07) is 13.1. The third-order valence-electron chi connectivity index (χ3n) is 5.64. The van der Waals surface area contributed by atoms with Crippen LogP contribution < -0.4 is 15.5 Å². The third-order valence-corrected chi connectivity index (χ3v) is 5.64. The number of hydrogen-bond acceptors (Lipinski definition) is 4. The first kappa shape index (κ1) is 26.7. The van der Waals surface area contributed by atoms with E-state index in [0.29, 0.717) is 31.9 Å². The average molecular weight is 496 g/mol. The maximum absolute atomic E-state index is 14.0. The second-order valence-electron chi connectivity index (χ2n) is 9.70. The minimum absolute atomic E-state index is 0.0913. The summed E-state index contributed by atoms with van der Waals surface area (Å²) in [5.74, 6) is -1.12. The minimum atomic E-state index is -0.509. The summed E-state index contributed by atoms with van der Waals surface area (Å²) < 4.78 is 14.0. The van der Waals surface area contributed by atoms with Crippen LogP contribution in [0.4, 0.5) is 20.6 Å². The fourth-order valence-electron chi connectivity index (χ4n) is 3.88. The number of hydrogen-bond donors (Lipinski definition) is 2. The van der Waals surface area contributed by atoms with Gasteiger partial charge in [-0.05, 0) is 57.2 Å². The van der Waals surface area contributed by atoms with Crippen molar-refractivity contribution >= 4 is 29.2 Å². The number of benzene rings is 2. The molecule has 1 aliphatic heterocycles. The van der Waals surface area contributed by atoms with Crippen molar-refractivity contribution in [3.05, 3.63) is 72.6 Å². The van der Waals surface area contributed by atoms with Crippen molar-refractivity contribution in [1.29, 1.82) is 0 Å². The molecule has 0 unspecified atom stereocenters. The SMILES string of the molecule is C=CCN(CC(=O)Nc1ccc(N2CCN(C(=O)c3ccccc3F)CC2)cc1)C(=O)NC(C)(C)C. The molecule has 9 heteroatoms. The first-order valence-corrected chi connectivity index (χ1v) is 11.9. The molecule has 0 aliphatic carbocycles. The van der Waals surface area contributed by atoms with E-state index in [1.54, 1.807) is 35.2 Å². The van der Waals surface area contributed by atoms with Crippen molar-refractivity contribution in [2.24, 2.45) is 0 Å². The van der Waals surface area contributed by atoms with Gasteiger partial charge in [0.15, 0.2) is 0 Å². The van der Waals surface area contributed by atoms with Gasteiger partial charge in [-0.3, -0.25) is 9.59 Å². The van der Waals surface area contributed by atoms with Gasteiger partial charge >= 0.3 is 6.03 Å². The second-order valence-corrected chi connectivity index (χ2v) is 9.70. The highest BCUT2D eigenvalue weighted by molar-refractivity contribution is 5.95. The minimum Gasteiger partial charge on any atom is -0.368 e. The van der Waals surface area contributed by atoms with Gasteiger partial charge in [0, 0.05) is 49.6 Å². The highest BCUT2D eigenvalue weighted by Crippen LogP contribution is 2.21. The summed E-state index contributed by atoms with van der Waals surface area (Å²) in [7, 11) is 0. The molecule has 0 saturated carbocycles. The van der Waals surface area contributed by atoms with Crippen LogP contribution in [0.15, 0.2) is 61.2 Å². The molecule has 4 amide bonds. The zero-order chi connectivity index (χ0) is 26.3. The number of nitrogens with one attached hydrogen (secondary N) is 2. The van der Waals surface area contributed by atoms with Crippen LogP contribution in [-0.2, 0) is 4.79 Å². The topological polar surface area (TPSA) is 85.0 Å². The highest BCUT2D eigenvalue weighted by atomic mass is 19.1. The Morgan fingerprint density at radius 3 is 2.25 bits per heavy atom. The van der Waals surface area contributed by atoms with Crippen molar-refractivity contribution in [2.75, 3.05) is 49.5 Å². The van der Waals surface area contributed by atoms with Gasteiger partial charge in [-0.15, -0.1) is 6.58 Å². The number of amides is 4. The quantitative estimate of drug-likeness (QED) is 0.574. The lowest BCUT2D eigenvalue weighted by Gasteiger charge is -2.36. The Labute approximate surface area is 211 Å². The zero-order valence-electron chi connectivity index (χ0n) is 21.1. The molecule has 1 saturated heterocycles. The lowest BCUT2D eigenvalue weighted by atomic mass is 10.1. The summed E-state index contributed by atoms with van der Waals surface area (Å²) in [5.41, 5.74) is 1.25. The van der Waals surface area contributed by atoms with E-state index < -0.39 is 11.4 Å². The van der Waals surface area contributed by atoms with Crippen LogP contribution in [0.2, 0.25) is 0 Å². The van der Waals surface area contributed by atoms with Crippen molar-refractivity contribution in [2.45, 2.75) is 26.3 Å². The Morgan fingerprint density at radius 1 is 1.03 bits per heavy atom. The van der Waals surface area contributed by atoms with Gasteiger partial charge < -0.3 is 25.3 Å². The van der Waals surface area contributed by atoms with E-state index >= 15 is 0 Å². The van der Waals surface area contributed by atoms with Crippen molar-refractivity contribution in [3.63, 3.8) is 0 Å². The van der Waals surface area contributed by atoms with Gasteiger partial charge in [-0.2, -0.15) is 0 Å². The molecule has 8 nitrogen and oxygen atoms in total. The number of carbonyl (C=O) groups is 3. The molecule has 36 heavy (non-hydrogen) atoms. The van der Waals surface area contributed by atoms with Gasteiger partial charge in [0.25, 0.3) is 5.91 Å².